The van der Waals surface area contributed by atoms with Crippen LogP contribution in [0.15, 0.2) is 18.2 Å². The van der Waals surface area contributed by atoms with Crippen molar-refractivity contribution in [2.75, 3.05) is 21.2 Å². The third kappa shape index (κ3) is 3.24. The highest BCUT2D eigenvalue weighted by Gasteiger charge is 2.37. The molecule has 0 heterocycles. The number of nitro benzene ring substituents is 1. The van der Waals surface area contributed by atoms with Gasteiger partial charge in [-0.3, -0.25) is 14.9 Å². The van der Waals surface area contributed by atoms with Gasteiger partial charge in [-0.25, -0.2) is 0 Å². The molecule has 0 spiro atoms. The van der Waals surface area contributed by atoms with E-state index < -0.39 is 4.92 Å². The van der Waals surface area contributed by atoms with E-state index in [1.807, 2.05) is 0 Å². The zero-order chi connectivity index (χ0) is 15.6. The van der Waals surface area contributed by atoms with E-state index in [1.165, 1.54) is 25.3 Å². The minimum atomic E-state index is -0.481. The Labute approximate surface area is 122 Å². The highest BCUT2D eigenvalue weighted by atomic mass is 16.6. The molecule has 0 aromatic heterocycles. The zero-order valence-corrected chi connectivity index (χ0v) is 12.2. The Hall–Kier alpha value is -2.31. The Morgan fingerprint density at radius 3 is 2.52 bits per heavy atom. The Morgan fingerprint density at radius 1 is 1.33 bits per heavy atom. The summed E-state index contributed by atoms with van der Waals surface area (Å²) in [5.41, 5.74) is -0.0500. The number of nitro groups is 1. The average molecular weight is 294 g/mol. The smallest absolute Gasteiger partial charge is 0.273 e. The first-order valence-corrected chi connectivity index (χ1v) is 6.62. The van der Waals surface area contributed by atoms with E-state index in [0.717, 1.165) is 0 Å². The van der Waals surface area contributed by atoms with Gasteiger partial charge in [-0.2, -0.15) is 0 Å². The lowest BCUT2D eigenvalue weighted by Gasteiger charge is -2.35. The number of non-ortho nitro benzene ring substituents is 1. The number of hydrogen-bond donors (Lipinski definition) is 0. The van der Waals surface area contributed by atoms with Crippen molar-refractivity contribution in [3.05, 3.63) is 28.3 Å². The summed E-state index contributed by atoms with van der Waals surface area (Å²) in [7, 11) is 4.92. The van der Waals surface area contributed by atoms with Gasteiger partial charge in [-0.05, 0) is 18.9 Å². The molecule has 7 heteroatoms. The molecule has 21 heavy (non-hydrogen) atoms. The van der Waals surface area contributed by atoms with Crippen LogP contribution in [-0.4, -0.2) is 43.0 Å². The van der Waals surface area contributed by atoms with Gasteiger partial charge in [-0.1, -0.05) is 0 Å². The molecule has 1 aromatic carbocycles. The van der Waals surface area contributed by atoms with E-state index >= 15 is 0 Å². The summed E-state index contributed by atoms with van der Waals surface area (Å²) in [5.74, 6) is 0.839. The second kappa shape index (κ2) is 5.99. The zero-order valence-electron chi connectivity index (χ0n) is 12.2. The average Bonchev–Trinajstić information content (AvgIpc) is 2.41. The highest BCUT2D eigenvalue weighted by Crippen LogP contribution is 2.37. The molecule has 1 saturated carbocycles. The summed E-state index contributed by atoms with van der Waals surface area (Å²) in [6.45, 7) is 0. The van der Waals surface area contributed by atoms with Crippen molar-refractivity contribution >= 4 is 11.6 Å². The van der Waals surface area contributed by atoms with Gasteiger partial charge in [0.2, 0.25) is 5.91 Å². The van der Waals surface area contributed by atoms with Crippen molar-refractivity contribution in [2.45, 2.75) is 18.9 Å². The van der Waals surface area contributed by atoms with Crippen LogP contribution in [0.25, 0.3) is 0 Å². The maximum atomic E-state index is 11.7. The third-order valence-electron chi connectivity index (χ3n) is 3.54. The van der Waals surface area contributed by atoms with Crippen LogP contribution in [0.4, 0.5) is 5.69 Å². The monoisotopic (exact) mass is 294 g/mol. The molecule has 0 unspecified atom stereocenters. The van der Waals surface area contributed by atoms with Gasteiger partial charge < -0.3 is 14.4 Å². The lowest BCUT2D eigenvalue weighted by molar-refractivity contribution is -0.385. The minimum Gasteiger partial charge on any atom is -0.493 e. The van der Waals surface area contributed by atoms with Crippen LogP contribution in [0.3, 0.4) is 0 Å². The van der Waals surface area contributed by atoms with Gasteiger partial charge in [-0.15, -0.1) is 0 Å². The van der Waals surface area contributed by atoms with E-state index in [1.54, 1.807) is 19.0 Å². The van der Waals surface area contributed by atoms with E-state index in [2.05, 4.69) is 0 Å². The van der Waals surface area contributed by atoms with Crippen molar-refractivity contribution in [3.63, 3.8) is 0 Å². The lowest BCUT2D eigenvalue weighted by Crippen LogP contribution is -2.43. The minimum absolute atomic E-state index is 0.0327. The van der Waals surface area contributed by atoms with Crippen LogP contribution in [0.5, 0.6) is 11.5 Å². The number of carbonyl (C=O) groups is 1. The first kappa shape index (κ1) is 15.1. The fourth-order valence-electron chi connectivity index (χ4n) is 2.28. The fourth-order valence-corrected chi connectivity index (χ4v) is 2.28. The van der Waals surface area contributed by atoms with Crippen molar-refractivity contribution in [1.29, 1.82) is 0 Å². The molecule has 0 radical (unpaired) electrons. The summed E-state index contributed by atoms with van der Waals surface area (Å²) in [6.07, 6.45) is 1.11. The second-order valence-corrected chi connectivity index (χ2v) is 5.23. The van der Waals surface area contributed by atoms with Crippen molar-refractivity contribution in [1.82, 2.24) is 4.90 Å². The Balaban J connectivity index is 2.02. The summed E-state index contributed by atoms with van der Waals surface area (Å²) < 4.78 is 10.9. The van der Waals surface area contributed by atoms with Crippen molar-refractivity contribution in [3.8, 4) is 11.5 Å². The molecule has 2 rings (SSSR count). The predicted octanol–water partition coefficient (Wildman–Crippen LogP) is 1.85. The normalized spacial score (nSPS) is 20.3. The van der Waals surface area contributed by atoms with Crippen LogP contribution in [-0.2, 0) is 4.79 Å². The van der Waals surface area contributed by atoms with E-state index in [9.17, 15) is 14.9 Å². The molecular formula is C14H18N2O5. The van der Waals surface area contributed by atoms with Gasteiger partial charge in [0.25, 0.3) is 5.69 Å². The molecule has 0 N–H and O–H groups in total. The number of benzene rings is 1. The summed E-state index contributed by atoms with van der Waals surface area (Å²) >= 11 is 0. The molecule has 7 nitrogen and oxygen atoms in total. The van der Waals surface area contributed by atoms with E-state index in [-0.39, 0.29) is 23.6 Å². The van der Waals surface area contributed by atoms with Crippen LogP contribution < -0.4 is 9.47 Å². The SMILES string of the molecule is COc1ccc([N+](=O)[O-])cc1OC1CC(C(=O)N(C)C)C1. The Morgan fingerprint density at radius 2 is 2.00 bits per heavy atom. The number of ether oxygens (including phenoxy) is 2. The Bertz CT molecular complexity index is 552. The number of rotatable bonds is 5. The van der Waals surface area contributed by atoms with E-state index in [0.29, 0.717) is 24.3 Å². The van der Waals surface area contributed by atoms with Gasteiger partial charge in [0.1, 0.15) is 6.10 Å². The predicted molar refractivity (Wildman–Crippen MR) is 75.5 cm³/mol. The third-order valence-corrected chi connectivity index (χ3v) is 3.54. The molecule has 1 amide bonds. The number of nitrogens with zero attached hydrogens (tertiary/aromatic N) is 2. The molecule has 0 bridgehead atoms. The van der Waals surface area contributed by atoms with Crippen LogP contribution in [0.2, 0.25) is 0 Å². The van der Waals surface area contributed by atoms with Crippen molar-refractivity contribution in [2.24, 2.45) is 5.92 Å². The molecule has 1 aliphatic carbocycles. The lowest BCUT2D eigenvalue weighted by atomic mass is 9.81. The largest absolute Gasteiger partial charge is 0.493 e. The maximum Gasteiger partial charge on any atom is 0.273 e. The van der Waals surface area contributed by atoms with Crippen molar-refractivity contribution < 1.29 is 19.2 Å². The number of amides is 1. The molecule has 0 atom stereocenters. The second-order valence-electron chi connectivity index (χ2n) is 5.23. The summed E-state index contributed by atoms with van der Waals surface area (Å²) in [4.78, 5) is 23.6. The number of hydrogen-bond acceptors (Lipinski definition) is 5. The highest BCUT2D eigenvalue weighted by molar-refractivity contribution is 5.79. The number of carbonyl (C=O) groups excluding carboxylic acids is 1. The topological polar surface area (TPSA) is 81.9 Å². The van der Waals surface area contributed by atoms with Gasteiger partial charge in [0, 0.05) is 26.1 Å². The van der Waals surface area contributed by atoms with Gasteiger partial charge in [0.15, 0.2) is 11.5 Å². The van der Waals surface area contributed by atoms with Crippen LogP contribution in [0, 0.1) is 16.0 Å². The Kier molecular flexibility index (Phi) is 4.30. The fraction of sp³-hybridized carbons (Fsp3) is 0.500. The number of methoxy groups -OCH3 is 1. The molecule has 1 aromatic rings. The van der Waals surface area contributed by atoms with Gasteiger partial charge >= 0.3 is 0 Å². The summed E-state index contributed by atoms with van der Waals surface area (Å²) in [5, 5.41) is 10.8. The molecule has 0 saturated heterocycles. The summed E-state index contributed by atoms with van der Waals surface area (Å²) in [6, 6.07) is 4.22. The quantitative estimate of drug-likeness (QED) is 0.611. The van der Waals surface area contributed by atoms with Crippen LogP contribution >= 0.6 is 0 Å². The molecule has 114 valence electrons. The van der Waals surface area contributed by atoms with Crippen LogP contribution in [0.1, 0.15) is 12.8 Å². The molecule has 1 aliphatic rings. The maximum absolute atomic E-state index is 11.7. The standard InChI is InChI=1S/C14H18N2O5/c1-15(2)14(17)9-6-11(7-9)21-13-8-10(16(18)19)4-5-12(13)20-3/h4-5,8-9,11H,6-7H2,1-3H3. The first-order chi connectivity index (χ1) is 9.92. The first-order valence-electron chi connectivity index (χ1n) is 6.62. The van der Waals surface area contributed by atoms with E-state index in [4.69, 9.17) is 9.47 Å². The molecule has 1 fully saturated rings. The molecule has 0 aliphatic heterocycles. The van der Waals surface area contributed by atoms with Gasteiger partial charge in [0.05, 0.1) is 18.1 Å². The molecular weight excluding hydrogens is 276 g/mol.